The molecule has 0 aliphatic rings. The number of nitrogens with zero attached hydrogens (tertiary/aromatic N) is 2. The van der Waals surface area contributed by atoms with Gasteiger partial charge in [-0.3, -0.25) is 0 Å². The average molecular weight is 218 g/mol. The van der Waals surface area contributed by atoms with Gasteiger partial charge >= 0.3 is 0 Å². The van der Waals surface area contributed by atoms with E-state index in [4.69, 9.17) is 9.79 Å². The fraction of sp³-hybridized carbons (Fsp3) is 0.889. The third kappa shape index (κ3) is 4.88. The third-order valence-corrected chi connectivity index (χ3v) is 3.41. The molecule has 0 amide bonds. The molecule has 1 N–H and O–H groups in total. The maximum Gasteiger partial charge on any atom is 0.256 e. The first-order valence-electron chi connectivity index (χ1n) is 4.77. The van der Waals surface area contributed by atoms with Gasteiger partial charge in [0.25, 0.3) is 8.53 Å². The van der Waals surface area contributed by atoms with Gasteiger partial charge in [-0.05, 0) is 27.7 Å². The first-order valence-corrected chi connectivity index (χ1v) is 5.94. The van der Waals surface area contributed by atoms with E-state index < -0.39 is 8.53 Å². The molecule has 0 aliphatic heterocycles. The number of hydrogen-bond acceptors (Lipinski definition) is 4. The van der Waals surface area contributed by atoms with Gasteiger partial charge in [-0.2, -0.15) is 5.26 Å². The Morgan fingerprint density at radius 1 is 1.36 bits per heavy atom. The van der Waals surface area contributed by atoms with Crippen LogP contribution in [0.2, 0.25) is 0 Å². The van der Waals surface area contributed by atoms with Crippen LogP contribution >= 0.6 is 8.53 Å². The Morgan fingerprint density at radius 2 is 1.86 bits per heavy atom. The van der Waals surface area contributed by atoms with Crippen molar-refractivity contribution in [3.05, 3.63) is 0 Å². The summed E-state index contributed by atoms with van der Waals surface area (Å²) in [6, 6.07) is 2.46. The summed E-state index contributed by atoms with van der Waals surface area (Å²) in [5.41, 5.74) is 0. The van der Waals surface area contributed by atoms with Crippen LogP contribution in [0.15, 0.2) is 0 Å². The largest absolute Gasteiger partial charge is 0.338 e. The maximum atomic E-state index is 9.74. The van der Waals surface area contributed by atoms with Crippen molar-refractivity contribution in [2.45, 2.75) is 46.2 Å². The van der Waals surface area contributed by atoms with Crippen LogP contribution in [-0.2, 0) is 4.52 Å². The molecule has 0 aliphatic carbocycles. The van der Waals surface area contributed by atoms with Gasteiger partial charge in [-0.15, -0.1) is 0 Å². The minimum Gasteiger partial charge on any atom is -0.338 e. The van der Waals surface area contributed by atoms with Gasteiger partial charge in [0.2, 0.25) is 0 Å². The summed E-state index contributed by atoms with van der Waals surface area (Å²) in [5.74, 6) is 0. The zero-order valence-corrected chi connectivity index (χ0v) is 10.2. The zero-order valence-electron chi connectivity index (χ0n) is 9.27. The molecule has 0 aromatic carbocycles. The SMILES string of the molecule is CC(C)N(C(C)C)P(O)OCCC#N. The van der Waals surface area contributed by atoms with E-state index in [0.29, 0.717) is 13.0 Å². The highest BCUT2D eigenvalue weighted by atomic mass is 31.2. The summed E-state index contributed by atoms with van der Waals surface area (Å²) in [4.78, 5) is 9.74. The highest BCUT2D eigenvalue weighted by molar-refractivity contribution is 7.43. The fourth-order valence-electron chi connectivity index (χ4n) is 1.23. The monoisotopic (exact) mass is 218 g/mol. The van der Waals surface area contributed by atoms with Crippen molar-refractivity contribution in [3.8, 4) is 6.07 Å². The van der Waals surface area contributed by atoms with E-state index in [2.05, 4.69) is 0 Å². The Bertz CT molecular complexity index is 184. The first kappa shape index (κ1) is 13.8. The van der Waals surface area contributed by atoms with Gasteiger partial charge in [0.15, 0.2) is 0 Å². The highest BCUT2D eigenvalue weighted by Crippen LogP contribution is 2.40. The van der Waals surface area contributed by atoms with E-state index in [-0.39, 0.29) is 12.1 Å². The van der Waals surface area contributed by atoms with Crippen LogP contribution in [0.4, 0.5) is 0 Å². The Kier molecular flexibility index (Phi) is 7.04. The molecular formula is C9H19N2O2P. The molecule has 0 spiro atoms. The number of rotatable bonds is 6. The molecule has 0 saturated heterocycles. The molecule has 0 aromatic rings. The van der Waals surface area contributed by atoms with Crippen LogP contribution < -0.4 is 0 Å². The van der Waals surface area contributed by atoms with E-state index in [1.54, 1.807) is 0 Å². The molecule has 0 rings (SSSR count). The van der Waals surface area contributed by atoms with Crippen LogP contribution in [0, 0.1) is 11.3 Å². The lowest BCUT2D eigenvalue weighted by Gasteiger charge is -2.32. The summed E-state index contributed by atoms with van der Waals surface area (Å²) in [7, 11) is -1.55. The predicted octanol–water partition coefficient (Wildman–Crippen LogP) is 2.25. The van der Waals surface area contributed by atoms with Crippen LogP contribution in [0.1, 0.15) is 34.1 Å². The van der Waals surface area contributed by atoms with Crippen molar-refractivity contribution < 1.29 is 9.42 Å². The Morgan fingerprint density at radius 3 is 2.21 bits per heavy atom. The third-order valence-electron chi connectivity index (χ3n) is 1.68. The molecular weight excluding hydrogens is 199 g/mol. The normalized spacial score (nSPS) is 13.6. The Balaban J connectivity index is 4.03. The molecule has 82 valence electrons. The summed E-state index contributed by atoms with van der Waals surface area (Å²) >= 11 is 0. The first-order chi connectivity index (χ1) is 6.50. The fourth-order valence-corrected chi connectivity index (χ4v) is 2.41. The van der Waals surface area contributed by atoms with Gasteiger partial charge in [-0.1, -0.05) is 0 Å². The standard InChI is InChI=1S/C9H19N2O2P/c1-8(2)11(9(3)4)14(12)13-7-5-6-10/h8-9,12H,5,7H2,1-4H3. The molecule has 1 unspecified atom stereocenters. The molecule has 14 heavy (non-hydrogen) atoms. The lowest BCUT2D eigenvalue weighted by atomic mass is 10.3. The molecule has 0 bridgehead atoms. The topological polar surface area (TPSA) is 56.5 Å². The number of nitriles is 1. The van der Waals surface area contributed by atoms with E-state index >= 15 is 0 Å². The van der Waals surface area contributed by atoms with E-state index in [0.717, 1.165) is 0 Å². The van der Waals surface area contributed by atoms with Gasteiger partial charge < -0.3 is 9.42 Å². The molecule has 0 fully saturated rings. The van der Waals surface area contributed by atoms with Crippen molar-refractivity contribution in [2.75, 3.05) is 6.61 Å². The smallest absolute Gasteiger partial charge is 0.256 e. The van der Waals surface area contributed by atoms with E-state index in [1.807, 2.05) is 38.4 Å². The summed E-state index contributed by atoms with van der Waals surface area (Å²) in [6.45, 7) is 8.35. The zero-order chi connectivity index (χ0) is 11.1. The lowest BCUT2D eigenvalue weighted by molar-refractivity contribution is 0.215. The molecule has 0 saturated carbocycles. The van der Waals surface area contributed by atoms with Crippen molar-refractivity contribution in [1.29, 1.82) is 5.26 Å². The van der Waals surface area contributed by atoms with Crippen LogP contribution in [0.25, 0.3) is 0 Å². The highest BCUT2D eigenvalue weighted by Gasteiger charge is 2.23. The van der Waals surface area contributed by atoms with Gasteiger partial charge in [0, 0.05) is 12.1 Å². The van der Waals surface area contributed by atoms with E-state index in [1.165, 1.54) is 0 Å². The van der Waals surface area contributed by atoms with Crippen molar-refractivity contribution >= 4 is 8.53 Å². The second kappa shape index (κ2) is 7.14. The van der Waals surface area contributed by atoms with Crippen molar-refractivity contribution in [3.63, 3.8) is 0 Å². The average Bonchev–Trinajstić information content (AvgIpc) is 2.03. The van der Waals surface area contributed by atoms with E-state index in [9.17, 15) is 4.89 Å². The van der Waals surface area contributed by atoms with Crippen LogP contribution in [0.3, 0.4) is 0 Å². The predicted molar refractivity (Wildman–Crippen MR) is 57.4 cm³/mol. The Labute approximate surface area is 87.4 Å². The minimum atomic E-state index is -1.55. The molecule has 0 radical (unpaired) electrons. The van der Waals surface area contributed by atoms with Gasteiger partial charge in [0.05, 0.1) is 19.1 Å². The molecule has 5 heteroatoms. The lowest BCUT2D eigenvalue weighted by Crippen LogP contribution is -2.32. The van der Waals surface area contributed by atoms with Crippen LogP contribution in [-0.4, -0.2) is 28.3 Å². The molecule has 1 atom stereocenters. The number of hydrogen-bond donors (Lipinski definition) is 1. The van der Waals surface area contributed by atoms with Crippen LogP contribution in [0.5, 0.6) is 0 Å². The second-order valence-corrected chi connectivity index (χ2v) is 4.79. The van der Waals surface area contributed by atoms with Gasteiger partial charge in [0.1, 0.15) is 0 Å². The molecule has 4 nitrogen and oxygen atoms in total. The maximum absolute atomic E-state index is 9.74. The quantitative estimate of drug-likeness (QED) is 0.548. The molecule has 0 aromatic heterocycles. The summed E-state index contributed by atoms with van der Waals surface area (Å²) in [6.07, 6.45) is 0.323. The van der Waals surface area contributed by atoms with Crippen molar-refractivity contribution in [1.82, 2.24) is 4.67 Å². The van der Waals surface area contributed by atoms with Crippen molar-refractivity contribution in [2.24, 2.45) is 0 Å². The molecule has 0 heterocycles. The van der Waals surface area contributed by atoms with Gasteiger partial charge in [-0.25, -0.2) is 4.67 Å². The Hall–Kier alpha value is -0.200. The summed E-state index contributed by atoms with van der Waals surface area (Å²) < 4.78 is 7.10. The summed E-state index contributed by atoms with van der Waals surface area (Å²) in [5, 5.41) is 8.32. The second-order valence-electron chi connectivity index (χ2n) is 3.56. The minimum absolute atomic E-state index is 0.244.